The van der Waals surface area contributed by atoms with Crippen molar-refractivity contribution in [2.75, 3.05) is 19.6 Å². The number of benzene rings is 1. The van der Waals surface area contributed by atoms with Gasteiger partial charge in [0, 0.05) is 31.5 Å². The molecule has 1 unspecified atom stereocenters. The molecule has 1 saturated heterocycles. The Hall–Kier alpha value is -2.37. The first kappa shape index (κ1) is 23.9. The predicted octanol–water partition coefficient (Wildman–Crippen LogP) is 4.00. The molecule has 2 rings (SSSR count). The average Bonchev–Trinajstić information content (AvgIpc) is 2.93. The number of nitrogens with zero attached hydrogens (tertiary/aromatic N) is 1. The fourth-order valence-electron chi connectivity index (χ4n) is 3.81. The fourth-order valence-corrected chi connectivity index (χ4v) is 3.81. The van der Waals surface area contributed by atoms with Crippen molar-refractivity contribution in [3.8, 4) is 5.75 Å². The van der Waals surface area contributed by atoms with E-state index in [-0.39, 0.29) is 40.7 Å². The number of hydrogen-bond acceptors (Lipinski definition) is 4. The van der Waals surface area contributed by atoms with Crippen LogP contribution in [0.25, 0.3) is 0 Å². The minimum Gasteiger partial charge on any atom is -0.507 e. The highest BCUT2D eigenvalue weighted by atomic mass is 16.3. The zero-order chi connectivity index (χ0) is 22.9. The number of phenols is 1. The zero-order valence-corrected chi connectivity index (χ0v) is 19.5. The lowest BCUT2D eigenvalue weighted by Crippen LogP contribution is -2.33. The van der Waals surface area contributed by atoms with Gasteiger partial charge in [0.25, 0.3) is 0 Å². The van der Waals surface area contributed by atoms with Crippen molar-refractivity contribution >= 4 is 17.5 Å². The second-order valence-corrected chi connectivity index (χ2v) is 10.4. The first-order valence-corrected chi connectivity index (χ1v) is 10.7. The lowest BCUT2D eigenvalue weighted by molar-refractivity contribution is -0.118. The van der Waals surface area contributed by atoms with Gasteiger partial charge in [0.2, 0.25) is 5.91 Å². The molecule has 1 fully saturated rings. The molecule has 1 atom stereocenters. The smallest absolute Gasteiger partial charge is 0.216 e. The predicted molar refractivity (Wildman–Crippen MR) is 121 cm³/mol. The van der Waals surface area contributed by atoms with Gasteiger partial charge in [-0.05, 0) is 35.3 Å². The Morgan fingerprint density at radius 1 is 1.17 bits per heavy atom. The number of aromatic hydroxyl groups is 1. The minimum absolute atomic E-state index is 0.0456. The molecule has 6 heteroatoms. The molecule has 6 nitrogen and oxygen atoms in total. The van der Waals surface area contributed by atoms with E-state index in [2.05, 4.69) is 26.1 Å². The van der Waals surface area contributed by atoms with Crippen LogP contribution in [0.5, 0.6) is 5.75 Å². The average molecular weight is 416 g/mol. The van der Waals surface area contributed by atoms with E-state index in [4.69, 9.17) is 5.41 Å². The highest BCUT2D eigenvalue weighted by Crippen LogP contribution is 2.38. The van der Waals surface area contributed by atoms with E-state index in [1.54, 1.807) is 11.0 Å². The molecule has 0 aromatic heterocycles. The molecule has 0 spiro atoms. The van der Waals surface area contributed by atoms with Crippen molar-refractivity contribution in [2.24, 2.45) is 5.92 Å². The summed E-state index contributed by atoms with van der Waals surface area (Å²) in [6, 6.07) is 3.81. The summed E-state index contributed by atoms with van der Waals surface area (Å²) in [5.74, 6) is 0.292. The van der Waals surface area contributed by atoms with Crippen molar-refractivity contribution in [2.45, 2.75) is 72.1 Å². The molecule has 1 heterocycles. The molecule has 1 amide bonds. The van der Waals surface area contributed by atoms with Crippen molar-refractivity contribution in [3.63, 3.8) is 0 Å². The van der Waals surface area contributed by atoms with E-state index >= 15 is 0 Å². The summed E-state index contributed by atoms with van der Waals surface area (Å²) in [7, 11) is 0. The summed E-state index contributed by atoms with van der Waals surface area (Å²) in [5, 5.41) is 22.1. The summed E-state index contributed by atoms with van der Waals surface area (Å²) < 4.78 is 0. The van der Waals surface area contributed by atoms with E-state index in [9.17, 15) is 14.7 Å². The third-order valence-corrected chi connectivity index (χ3v) is 5.76. The van der Waals surface area contributed by atoms with Gasteiger partial charge >= 0.3 is 0 Å². The van der Waals surface area contributed by atoms with Gasteiger partial charge in [-0.15, -0.1) is 0 Å². The quantitative estimate of drug-likeness (QED) is 0.612. The van der Waals surface area contributed by atoms with Crippen molar-refractivity contribution < 1.29 is 14.7 Å². The van der Waals surface area contributed by atoms with Gasteiger partial charge in [0.15, 0.2) is 5.78 Å². The number of likely N-dealkylation sites (tertiary alicyclic amines) is 1. The lowest BCUT2D eigenvalue weighted by Gasteiger charge is -2.28. The number of amidine groups is 1. The third-order valence-electron chi connectivity index (χ3n) is 5.76. The molecule has 166 valence electrons. The molecule has 1 aliphatic heterocycles. The van der Waals surface area contributed by atoms with E-state index < -0.39 is 0 Å². The number of Topliss-reactive ketones (excluding diaryl/α,β-unsaturated/α-hetero) is 1. The minimum atomic E-state index is -0.296. The van der Waals surface area contributed by atoms with Crippen molar-refractivity contribution in [1.82, 2.24) is 10.2 Å². The maximum absolute atomic E-state index is 13.2. The topological polar surface area (TPSA) is 93.5 Å². The molecule has 0 aliphatic carbocycles. The molecule has 1 aromatic carbocycles. The van der Waals surface area contributed by atoms with Gasteiger partial charge < -0.3 is 15.3 Å². The number of phenolic OH excluding ortho intramolecular Hbond substituents is 1. The van der Waals surface area contributed by atoms with Crippen LogP contribution in [0.4, 0.5) is 0 Å². The number of ketones is 1. The number of amides is 1. The number of carbonyl (C=O) groups is 2. The lowest BCUT2D eigenvalue weighted by atomic mass is 9.78. The Bertz CT molecular complexity index is 831. The summed E-state index contributed by atoms with van der Waals surface area (Å²) in [6.07, 6.45) is 1.50. The number of rotatable bonds is 6. The monoisotopic (exact) mass is 415 g/mol. The van der Waals surface area contributed by atoms with Crippen LogP contribution in [-0.2, 0) is 15.6 Å². The summed E-state index contributed by atoms with van der Waals surface area (Å²) in [5.41, 5.74) is 1.66. The van der Waals surface area contributed by atoms with Crippen LogP contribution in [0.2, 0.25) is 0 Å². The molecular weight excluding hydrogens is 378 g/mol. The van der Waals surface area contributed by atoms with E-state index in [0.717, 1.165) is 17.5 Å². The molecular formula is C24H37N3O3. The molecule has 0 bridgehead atoms. The molecule has 1 aliphatic rings. The Labute approximate surface area is 180 Å². The number of hydrogen-bond donors (Lipinski definition) is 3. The Morgan fingerprint density at radius 3 is 2.33 bits per heavy atom. The molecule has 3 N–H and O–H groups in total. The van der Waals surface area contributed by atoms with Gasteiger partial charge in [-0.2, -0.15) is 0 Å². The largest absolute Gasteiger partial charge is 0.507 e. The summed E-state index contributed by atoms with van der Waals surface area (Å²) in [6.45, 7) is 15.1. The first-order chi connectivity index (χ1) is 13.7. The molecule has 0 saturated carbocycles. The summed E-state index contributed by atoms with van der Waals surface area (Å²) in [4.78, 5) is 26.0. The van der Waals surface area contributed by atoms with Crippen LogP contribution < -0.4 is 5.32 Å². The Morgan fingerprint density at radius 2 is 1.80 bits per heavy atom. The first-order valence-electron chi connectivity index (χ1n) is 10.7. The van der Waals surface area contributed by atoms with Gasteiger partial charge in [0.1, 0.15) is 5.75 Å². The van der Waals surface area contributed by atoms with E-state index in [1.165, 1.54) is 6.92 Å². The van der Waals surface area contributed by atoms with Crippen molar-refractivity contribution in [3.05, 3.63) is 28.8 Å². The van der Waals surface area contributed by atoms with Gasteiger partial charge in [-0.1, -0.05) is 47.6 Å². The molecule has 30 heavy (non-hydrogen) atoms. The van der Waals surface area contributed by atoms with E-state index in [0.29, 0.717) is 30.9 Å². The summed E-state index contributed by atoms with van der Waals surface area (Å²) >= 11 is 0. The van der Waals surface area contributed by atoms with Crippen LogP contribution in [-0.4, -0.2) is 47.2 Å². The maximum atomic E-state index is 13.2. The van der Waals surface area contributed by atoms with Gasteiger partial charge in [-0.3, -0.25) is 15.0 Å². The fraction of sp³-hybridized carbons (Fsp3) is 0.625. The van der Waals surface area contributed by atoms with Gasteiger partial charge in [-0.25, -0.2) is 0 Å². The molecule has 1 aromatic rings. The van der Waals surface area contributed by atoms with Crippen molar-refractivity contribution in [1.29, 1.82) is 5.41 Å². The maximum Gasteiger partial charge on any atom is 0.216 e. The third kappa shape index (κ3) is 5.61. The molecule has 0 radical (unpaired) electrons. The van der Waals surface area contributed by atoms with Gasteiger partial charge in [0.05, 0.1) is 17.9 Å². The highest BCUT2D eigenvalue weighted by Gasteiger charge is 2.32. The normalized spacial score (nSPS) is 17.4. The number of nitrogens with one attached hydrogen (secondary N) is 2. The Kier molecular flexibility index (Phi) is 7.00. The second-order valence-electron chi connectivity index (χ2n) is 10.4. The SMILES string of the molecule is CC(=O)NCCC1CCN(CC(=O)c2cc(C(C)(C)C)cc(C(C)(C)C)c2O)C1=N. The Balaban J connectivity index is 2.23. The standard InChI is InChI=1S/C24H37N3O3/c1-15(28)26-10-8-16-9-11-27(22(16)25)14-20(29)18-12-17(23(2,3)4)13-19(21(18)30)24(5,6)7/h12-13,16,25,30H,8-11,14H2,1-7H3,(H,26,28). The van der Waals surface area contributed by atoms with Crippen LogP contribution >= 0.6 is 0 Å². The second kappa shape index (κ2) is 8.78. The van der Waals surface area contributed by atoms with E-state index in [1.807, 2.05) is 26.8 Å². The van der Waals surface area contributed by atoms with Crippen LogP contribution in [0, 0.1) is 11.3 Å². The zero-order valence-electron chi connectivity index (χ0n) is 19.5. The van der Waals surface area contributed by atoms with Crippen LogP contribution in [0.1, 0.15) is 82.8 Å². The van der Waals surface area contributed by atoms with Crippen LogP contribution in [0.3, 0.4) is 0 Å². The van der Waals surface area contributed by atoms with Crippen LogP contribution in [0.15, 0.2) is 12.1 Å². The highest BCUT2D eigenvalue weighted by molar-refractivity contribution is 6.02. The number of carbonyl (C=O) groups excluding carboxylic acids is 2.